The van der Waals surface area contributed by atoms with Gasteiger partial charge in [0.05, 0.1) is 6.61 Å². The first-order chi connectivity index (χ1) is 36.1. The minimum atomic E-state index is -0.776. The minimum absolute atomic E-state index is 0.0684. The van der Waals surface area contributed by atoms with Crippen molar-refractivity contribution in [1.82, 2.24) is 0 Å². The summed E-state index contributed by atoms with van der Waals surface area (Å²) in [6.45, 7) is 4.03. The molecular formula is C68H120O5. The van der Waals surface area contributed by atoms with E-state index < -0.39 is 6.10 Å². The Morgan fingerprint density at radius 1 is 0.329 bits per heavy atom. The van der Waals surface area contributed by atoms with E-state index in [1.165, 1.54) is 205 Å². The topological polar surface area (TPSA) is 72.8 Å². The van der Waals surface area contributed by atoms with Crippen molar-refractivity contribution in [3.05, 3.63) is 85.1 Å². The molecule has 0 aromatic rings. The number of esters is 2. The summed E-state index contributed by atoms with van der Waals surface area (Å²) in [4.78, 5) is 24.5. The highest BCUT2D eigenvalue weighted by Crippen LogP contribution is 2.17. The number of unbranched alkanes of at least 4 members (excludes halogenated alkanes) is 36. The Kier molecular flexibility index (Phi) is 60.8. The van der Waals surface area contributed by atoms with Crippen molar-refractivity contribution in [3.63, 3.8) is 0 Å². The maximum absolute atomic E-state index is 12.3. The third-order valence-electron chi connectivity index (χ3n) is 13.9. The van der Waals surface area contributed by atoms with Gasteiger partial charge in [-0.15, -0.1) is 0 Å². The molecule has 0 saturated carbocycles. The van der Waals surface area contributed by atoms with Gasteiger partial charge >= 0.3 is 11.9 Å². The molecule has 0 aromatic carbocycles. The molecule has 0 heterocycles. The molecule has 0 radical (unpaired) electrons. The number of hydrogen-bond donors (Lipinski definition) is 1. The van der Waals surface area contributed by atoms with E-state index in [1.807, 2.05) is 0 Å². The van der Waals surface area contributed by atoms with Crippen molar-refractivity contribution in [2.24, 2.45) is 0 Å². The summed E-state index contributed by atoms with van der Waals surface area (Å²) in [5.41, 5.74) is 0. The number of hydrogen-bond acceptors (Lipinski definition) is 5. The van der Waals surface area contributed by atoms with Gasteiger partial charge in [-0.1, -0.05) is 298 Å². The lowest BCUT2D eigenvalue weighted by Crippen LogP contribution is -2.28. The Morgan fingerprint density at radius 3 is 0.890 bits per heavy atom. The lowest BCUT2D eigenvalue weighted by Gasteiger charge is -2.15. The van der Waals surface area contributed by atoms with Gasteiger partial charge in [0.15, 0.2) is 6.10 Å². The van der Waals surface area contributed by atoms with Gasteiger partial charge in [-0.2, -0.15) is 0 Å². The van der Waals surface area contributed by atoms with Crippen LogP contribution in [0.2, 0.25) is 0 Å². The van der Waals surface area contributed by atoms with E-state index in [0.717, 1.165) is 83.5 Å². The molecule has 0 spiro atoms. The minimum Gasteiger partial charge on any atom is -0.462 e. The van der Waals surface area contributed by atoms with Crippen molar-refractivity contribution >= 4 is 11.9 Å². The number of allylic oxidation sites excluding steroid dienone is 14. The SMILES string of the molecule is CC/C=C\C/C=C\C/C=C\C/C=C\C/C=C\CCCCCCCCCCCCCCCCCCCCCCCCCCCC(=O)OC(CO)COC(=O)CCCCCCCCC/C=C\C/C=C\CCCCCC. The fourth-order valence-electron chi connectivity index (χ4n) is 9.20. The van der Waals surface area contributed by atoms with Crippen LogP contribution in [0.3, 0.4) is 0 Å². The molecule has 0 aromatic heterocycles. The number of ether oxygens (including phenoxy) is 2. The van der Waals surface area contributed by atoms with Crippen molar-refractivity contribution in [2.75, 3.05) is 13.2 Å². The van der Waals surface area contributed by atoms with Gasteiger partial charge in [0.25, 0.3) is 0 Å². The van der Waals surface area contributed by atoms with Crippen LogP contribution < -0.4 is 0 Å². The fraction of sp³-hybridized carbons (Fsp3) is 0.765. The average Bonchev–Trinajstić information content (AvgIpc) is 3.39. The van der Waals surface area contributed by atoms with E-state index >= 15 is 0 Å². The summed E-state index contributed by atoms with van der Waals surface area (Å²) in [6.07, 6.45) is 88.8. The molecule has 0 aliphatic carbocycles. The molecule has 1 N–H and O–H groups in total. The zero-order chi connectivity index (χ0) is 52.7. The third kappa shape index (κ3) is 61.5. The molecule has 422 valence electrons. The summed E-state index contributed by atoms with van der Waals surface area (Å²) in [5, 5.41) is 9.66. The van der Waals surface area contributed by atoms with Crippen LogP contribution in [0, 0.1) is 0 Å². The van der Waals surface area contributed by atoms with Gasteiger partial charge in [-0.25, -0.2) is 0 Å². The molecule has 5 nitrogen and oxygen atoms in total. The molecule has 0 aliphatic rings. The third-order valence-corrected chi connectivity index (χ3v) is 13.9. The molecule has 0 saturated heterocycles. The second-order valence-corrected chi connectivity index (χ2v) is 21.1. The smallest absolute Gasteiger partial charge is 0.306 e. The summed E-state index contributed by atoms with van der Waals surface area (Å²) in [7, 11) is 0. The normalized spacial score (nSPS) is 12.8. The summed E-state index contributed by atoms with van der Waals surface area (Å²) in [5.74, 6) is -0.587. The Balaban J connectivity index is 3.41. The summed E-state index contributed by atoms with van der Waals surface area (Å²) < 4.78 is 10.7. The van der Waals surface area contributed by atoms with Gasteiger partial charge in [-0.3, -0.25) is 9.59 Å². The van der Waals surface area contributed by atoms with Crippen LogP contribution in [0.25, 0.3) is 0 Å². The van der Waals surface area contributed by atoms with E-state index in [0.29, 0.717) is 12.8 Å². The van der Waals surface area contributed by atoms with E-state index in [9.17, 15) is 14.7 Å². The van der Waals surface area contributed by atoms with Crippen LogP contribution in [0.4, 0.5) is 0 Å². The highest BCUT2D eigenvalue weighted by Gasteiger charge is 2.16. The predicted molar refractivity (Wildman–Crippen MR) is 320 cm³/mol. The second kappa shape index (κ2) is 63.4. The van der Waals surface area contributed by atoms with Crippen LogP contribution in [0.5, 0.6) is 0 Å². The highest BCUT2D eigenvalue weighted by atomic mass is 16.6. The summed E-state index contributed by atoms with van der Waals surface area (Å²) >= 11 is 0. The first kappa shape index (κ1) is 70.1. The summed E-state index contributed by atoms with van der Waals surface area (Å²) in [6, 6.07) is 0. The van der Waals surface area contributed by atoms with Crippen LogP contribution >= 0.6 is 0 Å². The Morgan fingerprint density at radius 2 is 0.589 bits per heavy atom. The standard InChI is InChI=1S/C68H120O5/c1-3-5-7-9-11-13-15-17-19-21-23-24-25-26-27-28-29-30-31-32-33-34-35-36-37-38-39-40-41-42-43-44-45-47-49-51-53-55-57-59-61-63-68(71)73-66(64-69)65-72-67(70)62-60-58-56-54-52-50-48-46-22-20-18-16-14-12-10-8-6-4-2/h5,7,11,13-14,16-17,19-20,22-24,26-27,66,69H,3-4,6,8-10,12,15,18,21,25,28-65H2,1-2H3/b7-5-,13-11-,16-14-,19-17-,22-20-,24-23-,27-26-. The molecule has 73 heavy (non-hydrogen) atoms. The maximum Gasteiger partial charge on any atom is 0.306 e. The largest absolute Gasteiger partial charge is 0.462 e. The second-order valence-electron chi connectivity index (χ2n) is 21.1. The number of aliphatic hydroxyl groups excluding tert-OH is 1. The van der Waals surface area contributed by atoms with E-state index in [-0.39, 0.29) is 25.2 Å². The Bertz CT molecular complexity index is 1340. The first-order valence-electron chi connectivity index (χ1n) is 31.6. The number of rotatable bonds is 58. The molecule has 0 aliphatic heterocycles. The van der Waals surface area contributed by atoms with Gasteiger partial charge in [-0.05, 0) is 89.9 Å². The van der Waals surface area contributed by atoms with Crippen molar-refractivity contribution in [2.45, 2.75) is 322 Å². The Labute approximate surface area is 454 Å². The van der Waals surface area contributed by atoms with Crippen LogP contribution in [-0.4, -0.2) is 36.4 Å². The highest BCUT2D eigenvalue weighted by molar-refractivity contribution is 5.70. The number of carbonyl (C=O) groups excluding carboxylic acids is 2. The van der Waals surface area contributed by atoms with Gasteiger partial charge in [0, 0.05) is 12.8 Å². The fourth-order valence-corrected chi connectivity index (χ4v) is 9.20. The van der Waals surface area contributed by atoms with Crippen LogP contribution in [0.15, 0.2) is 85.1 Å². The molecule has 0 amide bonds. The number of carbonyl (C=O) groups is 2. The first-order valence-corrected chi connectivity index (χ1v) is 31.6. The monoisotopic (exact) mass is 1020 g/mol. The van der Waals surface area contributed by atoms with Crippen molar-refractivity contribution in [3.8, 4) is 0 Å². The van der Waals surface area contributed by atoms with Gasteiger partial charge in [0.2, 0.25) is 0 Å². The van der Waals surface area contributed by atoms with Crippen LogP contribution in [-0.2, 0) is 19.1 Å². The Hall–Kier alpha value is -2.92. The van der Waals surface area contributed by atoms with Gasteiger partial charge < -0.3 is 14.6 Å². The lowest BCUT2D eigenvalue weighted by molar-refractivity contribution is -0.161. The molecule has 1 unspecified atom stereocenters. The van der Waals surface area contributed by atoms with E-state index in [2.05, 4.69) is 98.9 Å². The lowest BCUT2D eigenvalue weighted by atomic mass is 10.0. The number of aliphatic hydroxyl groups is 1. The van der Waals surface area contributed by atoms with Crippen molar-refractivity contribution in [1.29, 1.82) is 0 Å². The molecule has 1 atom stereocenters. The van der Waals surface area contributed by atoms with Crippen LogP contribution in [0.1, 0.15) is 316 Å². The zero-order valence-electron chi connectivity index (χ0n) is 48.4. The molecular weight excluding hydrogens is 897 g/mol. The van der Waals surface area contributed by atoms with Crippen molar-refractivity contribution < 1.29 is 24.2 Å². The van der Waals surface area contributed by atoms with E-state index in [4.69, 9.17) is 9.47 Å². The molecule has 0 bridgehead atoms. The van der Waals surface area contributed by atoms with E-state index in [1.54, 1.807) is 0 Å². The predicted octanol–water partition coefficient (Wildman–Crippen LogP) is 21.7. The molecule has 0 fully saturated rings. The van der Waals surface area contributed by atoms with Gasteiger partial charge in [0.1, 0.15) is 6.61 Å². The molecule has 0 rings (SSSR count). The molecule has 5 heteroatoms. The maximum atomic E-state index is 12.3. The average molecular weight is 1020 g/mol. The quantitative estimate of drug-likeness (QED) is 0.0373. The zero-order valence-corrected chi connectivity index (χ0v) is 48.4.